The second-order valence-corrected chi connectivity index (χ2v) is 5.85. The molecule has 118 valence electrons. The molecule has 1 aliphatic rings. The molecule has 1 atom stereocenters. The molecule has 0 spiro atoms. The third-order valence-corrected chi connectivity index (χ3v) is 2.93. The van der Waals surface area contributed by atoms with E-state index in [1.54, 1.807) is 32.6 Å². The van der Waals surface area contributed by atoms with E-state index >= 15 is 0 Å². The Morgan fingerprint density at radius 1 is 1.33 bits per heavy atom. The number of amides is 1. The van der Waals surface area contributed by atoms with Gasteiger partial charge in [0.15, 0.2) is 0 Å². The van der Waals surface area contributed by atoms with Gasteiger partial charge in [0.2, 0.25) is 0 Å². The molecule has 0 radical (unpaired) electrons. The van der Waals surface area contributed by atoms with Gasteiger partial charge in [-0.3, -0.25) is 9.69 Å². The van der Waals surface area contributed by atoms with Gasteiger partial charge in [-0.15, -0.1) is 0 Å². The minimum Gasteiger partial charge on any atom is -0.465 e. The minimum atomic E-state index is -0.568. The lowest BCUT2D eigenvalue weighted by Gasteiger charge is -2.38. The SMILES string of the molecule is CCOC(=O)CN1CCN(C(=O)OC(C)(C)C)C[C@H]1C#N. The van der Waals surface area contributed by atoms with Crippen LogP contribution in [0.4, 0.5) is 4.79 Å². The molecule has 1 amide bonds. The third-order valence-electron chi connectivity index (χ3n) is 2.93. The number of hydrogen-bond acceptors (Lipinski definition) is 6. The molecule has 1 saturated heterocycles. The van der Waals surface area contributed by atoms with E-state index < -0.39 is 17.7 Å². The Hall–Kier alpha value is -1.81. The van der Waals surface area contributed by atoms with Gasteiger partial charge in [-0.1, -0.05) is 0 Å². The maximum Gasteiger partial charge on any atom is 0.410 e. The smallest absolute Gasteiger partial charge is 0.410 e. The fourth-order valence-corrected chi connectivity index (χ4v) is 2.00. The molecule has 1 aliphatic heterocycles. The van der Waals surface area contributed by atoms with Crippen molar-refractivity contribution in [3.63, 3.8) is 0 Å². The average molecular weight is 297 g/mol. The summed E-state index contributed by atoms with van der Waals surface area (Å²) in [5.74, 6) is -0.358. The first-order chi connectivity index (χ1) is 9.76. The number of ether oxygens (including phenoxy) is 2. The van der Waals surface area contributed by atoms with Gasteiger partial charge in [-0.25, -0.2) is 4.79 Å². The normalized spacial score (nSPS) is 19.8. The van der Waals surface area contributed by atoms with Crippen LogP contribution in [-0.2, 0) is 14.3 Å². The number of piperazine rings is 1. The lowest BCUT2D eigenvalue weighted by atomic mass is 10.2. The molecule has 0 bridgehead atoms. The summed E-state index contributed by atoms with van der Waals surface area (Å²) in [6, 6.07) is 1.59. The van der Waals surface area contributed by atoms with Crippen LogP contribution in [0.5, 0.6) is 0 Å². The highest BCUT2D eigenvalue weighted by Gasteiger charge is 2.33. The van der Waals surface area contributed by atoms with Crippen LogP contribution < -0.4 is 0 Å². The lowest BCUT2D eigenvalue weighted by Crippen LogP contribution is -2.56. The standard InChI is InChI=1S/C14H23N3O4/c1-5-20-12(18)10-16-6-7-17(9-11(16)8-15)13(19)21-14(2,3)4/h11H,5-7,9-10H2,1-4H3/t11-/m1/s1. The van der Waals surface area contributed by atoms with Crippen LogP contribution in [0.1, 0.15) is 27.7 Å². The van der Waals surface area contributed by atoms with Crippen LogP contribution in [0.25, 0.3) is 0 Å². The van der Waals surface area contributed by atoms with Crippen molar-refractivity contribution in [2.75, 3.05) is 32.8 Å². The number of esters is 1. The van der Waals surface area contributed by atoms with E-state index in [0.717, 1.165) is 0 Å². The highest BCUT2D eigenvalue weighted by atomic mass is 16.6. The molecule has 0 aromatic carbocycles. The van der Waals surface area contributed by atoms with E-state index in [2.05, 4.69) is 6.07 Å². The highest BCUT2D eigenvalue weighted by molar-refractivity contribution is 5.72. The highest BCUT2D eigenvalue weighted by Crippen LogP contribution is 2.14. The fraction of sp³-hybridized carbons (Fsp3) is 0.786. The number of nitrogens with zero attached hydrogens (tertiary/aromatic N) is 3. The number of nitriles is 1. The van der Waals surface area contributed by atoms with Crippen molar-refractivity contribution in [2.45, 2.75) is 39.3 Å². The molecule has 1 rings (SSSR count). The minimum absolute atomic E-state index is 0.0637. The Morgan fingerprint density at radius 2 is 2.00 bits per heavy atom. The summed E-state index contributed by atoms with van der Waals surface area (Å²) in [6.45, 7) is 8.59. The lowest BCUT2D eigenvalue weighted by molar-refractivity contribution is -0.145. The first-order valence-electron chi connectivity index (χ1n) is 7.04. The van der Waals surface area contributed by atoms with E-state index in [9.17, 15) is 14.9 Å². The summed E-state index contributed by atoms with van der Waals surface area (Å²) in [7, 11) is 0. The summed E-state index contributed by atoms with van der Waals surface area (Å²) in [4.78, 5) is 26.7. The van der Waals surface area contributed by atoms with E-state index in [-0.39, 0.29) is 19.1 Å². The molecule has 0 aromatic rings. The van der Waals surface area contributed by atoms with Gasteiger partial charge in [-0.05, 0) is 27.7 Å². The molecule has 0 aliphatic carbocycles. The number of rotatable bonds is 3. The predicted molar refractivity (Wildman–Crippen MR) is 75.4 cm³/mol. The van der Waals surface area contributed by atoms with Crippen LogP contribution in [-0.4, -0.2) is 66.3 Å². The van der Waals surface area contributed by atoms with Gasteiger partial charge in [0.25, 0.3) is 0 Å². The Kier molecular flexibility index (Phi) is 5.97. The van der Waals surface area contributed by atoms with Crippen LogP contribution >= 0.6 is 0 Å². The summed E-state index contributed by atoms with van der Waals surface area (Å²) in [5.41, 5.74) is -0.568. The summed E-state index contributed by atoms with van der Waals surface area (Å²) in [5, 5.41) is 9.21. The van der Waals surface area contributed by atoms with Gasteiger partial charge < -0.3 is 14.4 Å². The molecule has 1 fully saturated rings. The quantitative estimate of drug-likeness (QED) is 0.723. The second kappa shape index (κ2) is 7.27. The zero-order valence-corrected chi connectivity index (χ0v) is 13.1. The number of hydrogen-bond donors (Lipinski definition) is 0. The van der Waals surface area contributed by atoms with Crippen molar-refractivity contribution in [3.8, 4) is 6.07 Å². The van der Waals surface area contributed by atoms with Crippen LogP contribution in [0.3, 0.4) is 0 Å². The molecule has 7 nitrogen and oxygen atoms in total. The van der Waals surface area contributed by atoms with Crippen molar-refractivity contribution >= 4 is 12.1 Å². The van der Waals surface area contributed by atoms with Gasteiger partial charge in [0, 0.05) is 13.1 Å². The van der Waals surface area contributed by atoms with Crippen LogP contribution in [0, 0.1) is 11.3 Å². The topological polar surface area (TPSA) is 82.9 Å². The Bertz CT molecular complexity index is 425. The number of carbonyl (C=O) groups is 2. The molecule has 21 heavy (non-hydrogen) atoms. The van der Waals surface area contributed by atoms with Crippen molar-refractivity contribution in [1.29, 1.82) is 5.26 Å². The first-order valence-corrected chi connectivity index (χ1v) is 7.04. The maximum absolute atomic E-state index is 12.0. The van der Waals surface area contributed by atoms with Gasteiger partial charge in [0.1, 0.15) is 11.6 Å². The Balaban J connectivity index is 2.59. The Labute approximate surface area is 125 Å². The Morgan fingerprint density at radius 3 is 2.52 bits per heavy atom. The summed E-state index contributed by atoms with van der Waals surface area (Å²) >= 11 is 0. The van der Waals surface area contributed by atoms with Crippen LogP contribution in [0.15, 0.2) is 0 Å². The van der Waals surface area contributed by atoms with Crippen molar-refractivity contribution in [1.82, 2.24) is 9.80 Å². The van der Waals surface area contributed by atoms with Crippen molar-refractivity contribution in [3.05, 3.63) is 0 Å². The fourth-order valence-electron chi connectivity index (χ4n) is 2.00. The molecule has 0 unspecified atom stereocenters. The summed E-state index contributed by atoms with van der Waals surface area (Å²) in [6.07, 6.45) is -0.432. The zero-order chi connectivity index (χ0) is 16.0. The zero-order valence-electron chi connectivity index (χ0n) is 13.1. The third kappa shape index (κ3) is 5.60. The summed E-state index contributed by atoms with van der Waals surface area (Å²) < 4.78 is 10.2. The van der Waals surface area contributed by atoms with Gasteiger partial charge in [0.05, 0.1) is 25.8 Å². The maximum atomic E-state index is 12.0. The van der Waals surface area contributed by atoms with Crippen LogP contribution in [0.2, 0.25) is 0 Å². The van der Waals surface area contributed by atoms with Gasteiger partial charge >= 0.3 is 12.1 Å². The van der Waals surface area contributed by atoms with E-state index in [4.69, 9.17) is 9.47 Å². The van der Waals surface area contributed by atoms with E-state index in [0.29, 0.717) is 19.7 Å². The van der Waals surface area contributed by atoms with Crippen molar-refractivity contribution < 1.29 is 19.1 Å². The molecule has 0 saturated carbocycles. The molecule has 1 heterocycles. The molecular formula is C14H23N3O4. The largest absolute Gasteiger partial charge is 0.465 e. The molecular weight excluding hydrogens is 274 g/mol. The molecule has 7 heteroatoms. The monoisotopic (exact) mass is 297 g/mol. The van der Waals surface area contributed by atoms with Gasteiger partial charge in [-0.2, -0.15) is 5.26 Å². The molecule has 0 N–H and O–H groups in total. The molecule has 0 aromatic heterocycles. The van der Waals surface area contributed by atoms with Crippen molar-refractivity contribution in [2.24, 2.45) is 0 Å². The van der Waals surface area contributed by atoms with E-state index in [1.165, 1.54) is 4.90 Å². The van der Waals surface area contributed by atoms with E-state index in [1.807, 2.05) is 0 Å². The second-order valence-electron chi connectivity index (χ2n) is 5.85. The predicted octanol–water partition coefficient (Wildman–Crippen LogP) is 0.994. The number of carbonyl (C=O) groups excluding carboxylic acids is 2. The first kappa shape index (κ1) is 17.2. The average Bonchev–Trinajstić information content (AvgIpc) is 2.37.